The van der Waals surface area contributed by atoms with Gasteiger partial charge in [0.05, 0.1) is 5.60 Å². The fourth-order valence-corrected chi connectivity index (χ4v) is 2.68. The Morgan fingerprint density at radius 3 is 2.78 bits per heavy atom. The van der Waals surface area contributed by atoms with E-state index in [9.17, 15) is 9.90 Å². The standard InChI is InChI=1S/C15H19NO2/c17-14(12-5-6-12)16-10-15(18)8-7-11-3-1-2-4-13(11)9-15/h1-4,12,18H,5-10H2,(H,16,17)/t15-/m1/s1. The maximum Gasteiger partial charge on any atom is 0.223 e. The summed E-state index contributed by atoms with van der Waals surface area (Å²) in [6, 6.07) is 8.24. The summed E-state index contributed by atoms with van der Waals surface area (Å²) in [6.45, 7) is 0.386. The maximum atomic E-state index is 11.6. The van der Waals surface area contributed by atoms with Crippen molar-refractivity contribution < 1.29 is 9.90 Å². The molecule has 1 saturated carbocycles. The van der Waals surface area contributed by atoms with Crippen molar-refractivity contribution >= 4 is 5.91 Å². The van der Waals surface area contributed by atoms with Crippen molar-refractivity contribution in [1.29, 1.82) is 0 Å². The average Bonchev–Trinajstić information content (AvgIpc) is 3.20. The van der Waals surface area contributed by atoms with Crippen molar-refractivity contribution in [2.24, 2.45) is 5.92 Å². The summed E-state index contributed by atoms with van der Waals surface area (Å²) < 4.78 is 0. The lowest BCUT2D eigenvalue weighted by atomic mass is 9.80. The molecule has 2 aliphatic rings. The first kappa shape index (κ1) is 11.7. The third kappa shape index (κ3) is 2.41. The highest BCUT2D eigenvalue weighted by Gasteiger charge is 2.35. The van der Waals surface area contributed by atoms with E-state index in [0.717, 1.165) is 25.7 Å². The minimum Gasteiger partial charge on any atom is -0.388 e. The Hall–Kier alpha value is -1.35. The van der Waals surface area contributed by atoms with E-state index in [2.05, 4.69) is 17.4 Å². The Bertz CT molecular complexity index is 467. The first-order valence-electron chi connectivity index (χ1n) is 6.73. The second-order valence-corrected chi connectivity index (χ2v) is 5.66. The molecule has 2 N–H and O–H groups in total. The van der Waals surface area contributed by atoms with E-state index in [1.54, 1.807) is 0 Å². The van der Waals surface area contributed by atoms with Crippen molar-refractivity contribution in [2.75, 3.05) is 6.54 Å². The lowest BCUT2D eigenvalue weighted by Gasteiger charge is -2.33. The molecule has 0 aliphatic heterocycles. The van der Waals surface area contributed by atoms with Gasteiger partial charge in [0.1, 0.15) is 0 Å². The fraction of sp³-hybridized carbons (Fsp3) is 0.533. The van der Waals surface area contributed by atoms with Crippen LogP contribution in [0.1, 0.15) is 30.4 Å². The molecule has 1 fully saturated rings. The van der Waals surface area contributed by atoms with Crippen LogP contribution in [0.5, 0.6) is 0 Å². The number of nitrogens with one attached hydrogen (secondary N) is 1. The van der Waals surface area contributed by atoms with E-state index < -0.39 is 5.60 Å². The summed E-state index contributed by atoms with van der Waals surface area (Å²) in [5.74, 6) is 0.326. The van der Waals surface area contributed by atoms with E-state index in [1.807, 2.05) is 12.1 Å². The van der Waals surface area contributed by atoms with Gasteiger partial charge in [-0.3, -0.25) is 4.79 Å². The Morgan fingerprint density at radius 1 is 1.33 bits per heavy atom. The highest BCUT2D eigenvalue weighted by atomic mass is 16.3. The molecule has 3 heteroatoms. The normalized spacial score (nSPS) is 26.5. The molecule has 1 aromatic rings. The number of aliphatic hydroxyl groups is 1. The Balaban J connectivity index is 1.63. The van der Waals surface area contributed by atoms with Crippen LogP contribution >= 0.6 is 0 Å². The molecule has 0 heterocycles. The molecule has 0 radical (unpaired) electrons. The highest BCUT2D eigenvalue weighted by molar-refractivity contribution is 5.80. The molecule has 0 spiro atoms. The monoisotopic (exact) mass is 245 g/mol. The van der Waals surface area contributed by atoms with E-state index in [4.69, 9.17) is 0 Å². The molecule has 2 aliphatic carbocycles. The van der Waals surface area contributed by atoms with Crippen LogP contribution in [0, 0.1) is 5.92 Å². The van der Waals surface area contributed by atoms with Gasteiger partial charge in [0.15, 0.2) is 0 Å². The van der Waals surface area contributed by atoms with Gasteiger partial charge in [-0.05, 0) is 36.8 Å². The molecule has 96 valence electrons. The number of aryl methyl sites for hydroxylation is 1. The summed E-state index contributed by atoms with van der Waals surface area (Å²) in [7, 11) is 0. The average molecular weight is 245 g/mol. The zero-order valence-corrected chi connectivity index (χ0v) is 10.5. The van der Waals surface area contributed by atoms with Crippen LogP contribution in [0.25, 0.3) is 0 Å². The molecular formula is C15H19NO2. The molecule has 18 heavy (non-hydrogen) atoms. The summed E-state index contributed by atoms with van der Waals surface area (Å²) in [5, 5.41) is 13.5. The molecule has 3 rings (SSSR count). The van der Waals surface area contributed by atoms with Crippen molar-refractivity contribution in [2.45, 2.75) is 37.7 Å². The Morgan fingerprint density at radius 2 is 2.06 bits per heavy atom. The molecule has 0 bridgehead atoms. The van der Waals surface area contributed by atoms with Crippen molar-refractivity contribution in [3.05, 3.63) is 35.4 Å². The van der Waals surface area contributed by atoms with Gasteiger partial charge in [-0.2, -0.15) is 0 Å². The minimum absolute atomic E-state index is 0.113. The SMILES string of the molecule is O=C(NC[C@@]1(O)CCc2ccccc2C1)C1CC1. The number of benzene rings is 1. The summed E-state index contributed by atoms with van der Waals surface area (Å²) in [5.41, 5.74) is 1.78. The van der Waals surface area contributed by atoms with Crippen LogP contribution in [0.4, 0.5) is 0 Å². The molecule has 0 aromatic heterocycles. The van der Waals surface area contributed by atoms with E-state index in [0.29, 0.717) is 13.0 Å². The van der Waals surface area contributed by atoms with Gasteiger partial charge in [-0.25, -0.2) is 0 Å². The van der Waals surface area contributed by atoms with Gasteiger partial charge in [0.2, 0.25) is 5.91 Å². The van der Waals surface area contributed by atoms with E-state index in [-0.39, 0.29) is 11.8 Å². The predicted molar refractivity (Wildman–Crippen MR) is 69.2 cm³/mol. The summed E-state index contributed by atoms with van der Waals surface area (Å²) in [4.78, 5) is 11.6. The number of carbonyl (C=O) groups is 1. The smallest absolute Gasteiger partial charge is 0.223 e. The lowest BCUT2D eigenvalue weighted by molar-refractivity contribution is -0.123. The van der Waals surface area contributed by atoms with Crippen LogP contribution in [0.2, 0.25) is 0 Å². The van der Waals surface area contributed by atoms with Crippen LogP contribution in [0.15, 0.2) is 24.3 Å². The lowest BCUT2D eigenvalue weighted by Crippen LogP contribution is -2.47. The van der Waals surface area contributed by atoms with Gasteiger partial charge in [0, 0.05) is 18.9 Å². The first-order valence-corrected chi connectivity index (χ1v) is 6.73. The third-order valence-corrected chi connectivity index (χ3v) is 4.04. The Labute approximate surface area is 107 Å². The number of hydrogen-bond donors (Lipinski definition) is 2. The number of amides is 1. The highest BCUT2D eigenvalue weighted by Crippen LogP contribution is 2.30. The van der Waals surface area contributed by atoms with Gasteiger partial charge in [0.25, 0.3) is 0 Å². The van der Waals surface area contributed by atoms with Crippen LogP contribution in [-0.2, 0) is 17.6 Å². The second-order valence-electron chi connectivity index (χ2n) is 5.66. The maximum absolute atomic E-state index is 11.6. The third-order valence-electron chi connectivity index (χ3n) is 4.04. The zero-order valence-electron chi connectivity index (χ0n) is 10.5. The number of fused-ring (bicyclic) bond motifs is 1. The quantitative estimate of drug-likeness (QED) is 0.846. The second kappa shape index (κ2) is 4.39. The molecule has 1 aromatic carbocycles. The van der Waals surface area contributed by atoms with E-state index >= 15 is 0 Å². The summed E-state index contributed by atoms with van der Waals surface area (Å²) >= 11 is 0. The minimum atomic E-state index is -0.765. The topological polar surface area (TPSA) is 49.3 Å². The molecule has 1 atom stereocenters. The van der Waals surface area contributed by atoms with Gasteiger partial charge in [-0.15, -0.1) is 0 Å². The molecular weight excluding hydrogens is 226 g/mol. The largest absolute Gasteiger partial charge is 0.388 e. The number of hydrogen-bond acceptors (Lipinski definition) is 2. The molecule has 3 nitrogen and oxygen atoms in total. The summed E-state index contributed by atoms with van der Waals surface area (Å²) in [6.07, 6.45) is 4.29. The Kier molecular flexibility index (Phi) is 2.86. The van der Waals surface area contributed by atoms with Gasteiger partial charge < -0.3 is 10.4 Å². The van der Waals surface area contributed by atoms with Crippen LogP contribution in [-0.4, -0.2) is 23.2 Å². The van der Waals surface area contributed by atoms with Crippen molar-refractivity contribution in [1.82, 2.24) is 5.32 Å². The van der Waals surface area contributed by atoms with Crippen molar-refractivity contribution in [3.63, 3.8) is 0 Å². The number of carbonyl (C=O) groups excluding carboxylic acids is 1. The zero-order chi connectivity index (χ0) is 12.6. The predicted octanol–water partition coefficient (Wildman–Crippen LogP) is 1.43. The molecule has 1 amide bonds. The fourth-order valence-electron chi connectivity index (χ4n) is 2.68. The molecule has 0 unspecified atom stereocenters. The molecule has 0 saturated heterocycles. The van der Waals surface area contributed by atoms with Crippen LogP contribution in [0.3, 0.4) is 0 Å². The van der Waals surface area contributed by atoms with Crippen molar-refractivity contribution in [3.8, 4) is 0 Å². The van der Waals surface area contributed by atoms with E-state index in [1.165, 1.54) is 11.1 Å². The number of rotatable bonds is 3. The van der Waals surface area contributed by atoms with Gasteiger partial charge in [-0.1, -0.05) is 24.3 Å². The van der Waals surface area contributed by atoms with Crippen LogP contribution < -0.4 is 5.32 Å². The van der Waals surface area contributed by atoms with Gasteiger partial charge >= 0.3 is 0 Å². The first-order chi connectivity index (χ1) is 8.66.